The zero-order chi connectivity index (χ0) is 26.8. The highest BCUT2D eigenvalue weighted by molar-refractivity contribution is 5.90. The van der Waals surface area contributed by atoms with Gasteiger partial charge in [-0.25, -0.2) is 9.79 Å². The van der Waals surface area contributed by atoms with E-state index < -0.39 is 5.91 Å². The quantitative estimate of drug-likeness (QED) is 0.151. The SMILES string of the molecule is CC(C)(C)C1CCC(N(Cc2ccc(C(=O)[NH+]=C(N)/N=N\N)cc2)C(=O)NCCc2ccccc2)CC1. The van der Waals surface area contributed by atoms with Gasteiger partial charge in [-0.1, -0.05) is 63.2 Å². The molecule has 9 heteroatoms. The Hall–Kier alpha value is -3.75. The Kier molecular flexibility index (Phi) is 9.77. The number of nitrogens with two attached hydrogens (primary N) is 2. The summed E-state index contributed by atoms with van der Waals surface area (Å²) in [6.07, 6.45) is 4.97. The molecule has 0 unspecified atom stereocenters. The number of benzene rings is 2. The molecule has 0 atom stereocenters. The minimum Gasteiger partial charge on any atom is -0.338 e. The number of urea groups is 1. The third kappa shape index (κ3) is 8.41. The molecular weight excluding hydrogens is 466 g/mol. The van der Waals surface area contributed by atoms with Gasteiger partial charge in [0.15, 0.2) is 0 Å². The lowest BCUT2D eigenvalue weighted by Gasteiger charge is -2.41. The minimum absolute atomic E-state index is 0.0496. The minimum atomic E-state index is -0.410. The Morgan fingerprint density at radius 2 is 1.65 bits per heavy atom. The molecule has 1 fully saturated rings. The maximum atomic E-state index is 13.4. The first-order valence-electron chi connectivity index (χ1n) is 12.9. The summed E-state index contributed by atoms with van der Waals surface area (Å²) in [7, 11) is 0. The Morgan fingerprint density at radius 1 is 1.00 bits per heavy atom. The Labute approximate surface area is 219 Å². The van der Waals surface area contributed by atoms with E-state index >= 15 is 0 Å². The van der Waals surface area contributed by atoms with Crippen molar-refractivity contribution in [2.75, 3.05) is 6.54 Å². The van der Waals surface area contributed by atoms with Gasteiger partial charge in [-0.15, -0.1) is 0 Å². The van der Waals surface area contributed by atoms with Crippen LogP contribution in [0.15, 0.2) is 64.9 Å². The summed E-state index contributed by atoms with van der Waals surface area (Å²) < 4.78 is 0. The summed E-state index contributed by atoms with van der Waals surface area (Å²) >= 11 is 0. The maximum absolute atomic E-state index is 13.4. The van der Waals surface area contributed by atoms with Crippen LogP contribution in [0.3, 0.4) is 0 Å². The molecule has 0 spiro atoms. The van der Waals surface area contributed by atoms with Gasteiger partial charge in [0.1, 0.15) is 0 Å². The summed E-state index contributed by atoms with van der Waals surface area (Å²) in [5, 5.41) is 9.58. The standard InChI is InChI=1S/C28H39N7O2/c1-28(2,3)23-13-15-24(16-14-23)35(27(37)31-18-17-20-7-5-4-6-8-20)19-21-9-11-22(12-10-21)25(36)32-26(29)33-34-30/h4-12,23-24H,13-19H2,1-3H3,(H,31,37)(H4,29,30,32,33,36)/p+1. The van der Waals surface area contributed by atoms with E-state index in [4.69, 9.17) is 11.6 Å². The van der Waals surface area contributed by atoms with E-state index in [1.54, 1.807) is 12.1 Å². The van der Waals surface area contributed by atoms with Crippen molar-refractivity contribution < 1.29 is 14.6 Å². The van der Waals surface area contributed by atoms with Crippen molar-refractivity contribution in [1.82, 2.24) is 10.2 Å². The topological polar surface area (TPSA) is 140 Å². The Morgan fingerprint density at radius 3 is 2.24 bits per heavy atom. The summed E-state index contributed by atoms with van der Waals surface area (Å²) in [6, 6.07) is 17.4. The number of guanidine groups is 1. The van der Waals surface area contributed by atoms with Crippen LogP contribution in [0.2, 0.25) is 0 Å². The summed E-state index contributed by atoms with van der Waals surface area (Å²) in [6.45, 7) is 7.95. The lowest BCUT2D eigenvalue weighted by molar-refractivity contribution is -0.347. The largest absolute Gasteiger partial charge is 0.414 e. The number of amides is 3. The molecule has 1 aliphatic carbocycles. The van der Waals surface area contributed by atoms with Crippen molar-refractivity contribution in [2.24, 2.45) is 33.2 Å². The monoisotopic (exact) mass is 506 g/mol. The molecule has 0 radical (unpaired) electrons. The molecule has 37 heavy (non-hydrogen) atoms. The number of carbonyl (C=O) groups is 2. The fraction of sp³-hybridized carbons (Fsp3) is 0.464. The van der Waals surface area contributed by atoms with Gasteiger partial charge in [0.2, 0.25) is 0 Å². The molecule has 0 bridgehead atoms. The average Bonchev–Trinajstić information content (AvgIpc) is 2.88. The van der Waals surface area contributed by atoms with Gasteiger partial charge in [-0.3, -0.25) is 16.4 Å². The highest BCUT2D eigenvalue weighted by Crippen LogP contribution is 2.39. The number of nitrogens with zero attached hydrogens (tertiary/aromatic N) is 3. The van der Waals surface area contributed by atoms with Crippen LogP contribution in [0.25, 0.3) is 0 Å². The number of hydrogen-bond donors (Lipinski definition) is 4. The highest BCUT2D eigenvalue weighted by Gasteiger charge is 2.33. The van der Waals surface area contributed by atoms with Crippen LogP contribution < -0.4 is 21.9 Å². The van der Waals surface area contributed by atoms with E-state index in [0.29, 0.717) is 24.6 Å². The molecule has 1 saturated carbocycles. The molecule has 1 aliphatic rings. The lowest BCUT2D eigenvalue weighted by atomic mass is 9.71. The van der Waals surface area contributed by atoms with Crippen LogP contribution in [0, 0.1) is 11.3 Å². The van der Waals surface area contributed by atoms with Crippen molar-refractivity contribution in [1.29, 1.82) is 0 Å². The van der Waals surface area contributed by atoms with Gasteiger partial charge in [0.25, 0.3) is 0 Å². The molecule has 9 nitrogen and oxygen atoms in total. The molecular formula is C28H40N7O2+. The van der Waals surface area contributed by atoms with Crippen LogP contribution in [-0.2, 0) is 13.0 Å². The molecule has 6 N–H and O–H groups in total. The second-order valence-electron chi connectivity index (χ2n) is 10.7. The fourth-order valence-electron chi connectivity index (χ4n) is 4.91. The molecule has 0 saturated heterocycles. The number of nitrogens with one attached hydrogen (secondary N) is 2. The van der Waals surface area contributed by atoms with Gasteiger partial charge in [-0.05, 0) is 66.7 Å². The molecule has 3 amide bonds. The summed E-state index contributed by atoms with van der Waals surface area (Å²) in [5.41, 5.74) is 8.38. The number of rotatable bonds is 7. The zero-order valence-corrected chi connectivity index (χ0v) is 22.1. The van der Waals surface area contributed by atoms with E-state index in [1.807, 2.05) is 35.2 Å². The van der Waals surface area contributed by atoms with Gasteiger partial charge < -0.3 is 10.2 Å². The molecule has 0 aromatic heterocycles. The van der Waals surface area contributed by atoms with E-state index in [1.165, 1.54) is 5.56 Å². The van der Waals surface area contributed by atoms with Crippen molar-refractivity contribution >= 4 is 17.9 Å². The molecule has 3 rings (SSSR count). The second kappa shape index (κ2) is 13.0. The van der Waals surface area contributed by atoms with Crippen molar-refractivity contribution in [3.8, 4) is 0 Å². The van der Waals surface area contributed by atoms with E-state index in [9.17, 15) is 9.59 Å². The normalized spacial score (nSPS) is 18.5. The predicted octanol–water partition coefficient (Wildman–Crippen LogP) is 2.91. The molecule has 2 aromatic rings. The van der Waals surface area contributed by atoms with Crippen LogP contribution >= 0.6 is 0 Å². The molecule has 0 heterocycles. The first kappa shape index (κ1) is 27.8. The first-order valence-corrected chi connectivity index (χ1v) is 12.9. The third-order valence-electron chi connectivity index (χ3n) is 7.13. The first-order chi connectivity index (χ1) is 17.7. The van der Waals surface area contributed by atoms with Crippen LogP contribution in [0.1, 0.15) is 67.9 Å². The summed E-state index contributed by atoms with van der Waals surface area (Å²) in [5.74, 6) is 5.02. The summed E-state index contributed by atoms with van der Waals surface area (Å²) in [4.78, 5) is 30.1. The third-order valence-corrected chi connectivity index (χ3v) is 7.13. The lowest BCUT2D eigenvalue weighted by Crippen LogP contribution is -2.79. The van der Waals surface area contributed by atoms with Crippen molar-refractivity contribution in [3.63, 3.8) is 0 Å². The van der Waals surface area contributed by atoms with E-state index in [0.717, 1.165) is 37.7 Å². The van der Waals surface area contributed by atoms with Gasteiger partial charge in [0.05, 0.1) is 10.7 Å². The fourth-order valence-corrected chi connectivity index (χ4v) is 4.91. The van der Waals surface area contributed by atoms with Crippen LogP contribution in [-0.4, -0.2) is 35.4 Å². The highest BCUT2D eigenvalue weighted by atomic mass is 16.2. The van der Waals surface area contributed by atoms with Gasteiger partial charge >= 0.3 is 17.9 Å². The second-order valence-corrected chi connectivity index (χ2v) is 10.7. The predicted molar refractivity (Wildman–Crippen MR) is 144 cm³/mol. The molecule has 198 valence electrons. The van der Waals surface area contributed by atoms with Crippen LogP contribution in [0.4, 0.5) is 4.79 Å². The molecule has 0 aliphatic heterocycles. The Balaban J connectivity index is 1.69. The average molecular weight is 507 g/mol. The zero-order valence-electron chi connectivity index (χ0n) is 22.1. The van der Waals surface area contributed by atoms with Crippen molar-refractivity contribution in [2.45, 2.75) is 65.5 Å². The van der Waals surface area contributed by atoms with Gasteiger partial charge in [-0.2, -0.15) is 0 Å². The number of carbonyl (C=O) groups excluding carboxylic acids is 2. The van der Waals surface area contributed by atoms with Gasteiger partial charge in [0, 0.05) is 24.4 Å². The maximum Gasteiger partial charge on any atom is 0.414 e. The van der Waals surface area contributed by atoms with Crippen LogP contribution in [0.5, 0.6) is 0 Å². The smallest absolute Gasteiger partial charge is 0.338 e. The van der Waals surface area contributed by atoms with Crippen molar-refractivity contribution in [3.05, 3.63) is 71.3 Å². The molecule has 2 aromatic carbocycles. The van der Waals surface area contributed by atoms with E-state index in [2.05, 4.69) is 53.6 Å². The van der Waals surface area contributed by atoms with E-state index in [-0.39, 0.29) is 23.4 Å². The number of hydrogen-bond acceptors (Lipinski definition) is 3. The Bertz CT molecular complexity index is 1080.